The maximum atomic E-state index is 10.2. The van der Waals surface area contributed by atoms with Crippen LogP contribution >= 0.6 is 11.6 Å². The largest absolute Gasteiger partial charge is 0.387 e. The SMILES string of the molecule is CC(C)N(CC(O)c1ccc(Cl)cc1)C(C)C. The van der Waals surface area contributed by atoms with Crippen molar-refractivity contribution in [3.63, 3.8) is 0 Å². The molecule has 1 unspecified atom stereocenters. The molecule has 0 saturated heterocycles. The minimum atomic E-state index is -0.461. The molecule has 0 aliphatic heterocycles. The second-order valence-electron chi connectivity index (χ2n) is 4.95. The number of nitrogens with zero attached hydrogens (tertiary/aromatic N) is 1. The molecule has 0 heterocycles. The van der Waals surface area contributed by atoms with Gasteiger partial charge in [-0.05, 0) is 45.4 Å². The highest BCUT2D eigenvalue weighted by molar-refractivity contribution is 6.30. The summed E-state index contributed by atoms with van der Waals surface area (Å²) in [5.41, 5.74) is 0.917. The first-order valence-corrected chi connectivity index (χ1v) is 6.49. The van der Waals surface area contributed by atoms with Crippen molar-refractivity contribution in [1.82, 2.24) is 4.90 Å². The Morgan fingerprint density at radius 3 is 1.94 bits per heavy atom. The van der Waals surface area contributed by atoms with E-state index in [0.29, 0.717) is 23.7 Å². The second kappa shape index (κ2) is 6.39. The van der Waals surface area contributed by atoms with Crippen molar-refractivity contribution in [3.05, 3.63) is 34.9 Å². The molecular weight excluding hydrogens is 234 g/mol. The van der Waals surface area contributed by atoms with Gasteiger partial charge in [-0.3, -0.25) is 4.90 Å². The lowest BCUT2D eigenvalue weighted by molar-refractivity contribution is 0.0756. The Morgan fingerprint density at radius 1 is 1.06 bits per heavy atom. The molecule has 0 aromatic heterocycles. The van der Waals surface area contributed by atoms with Crippen molar-refractivity contribution in [3.8, 4) is 0 Å². The van der Waals surface area contributed by atoms with Crippen LogP contribution in [-0.2, 0) is 0 Å². The van der Waals surface area contributed by atoms with Gasteiger partial charge in [0.15, 0.2) is 0 Å². The first-order valence-electron chi connectivity index (χ1n) is 6.11. The number of hydrogen-bond donors (Lipinski definition) is 1. The number of hydrogen-bond acceptors (Lipinski definition) is 2. The molecule has 0 spiro atoms. The van der Waals surface area contributed by atoms with E-state index in [1.165, 1.54) is 0 Å². The molecule has 0 radical (unpaired) electrons. The van der Waals surface area contributed by atoms with E-state index in [9.17, 15) is 5.11 Å². The lowest BCUT2D eigenvalue weighted by atomic mass is 10.1. The van der Waals surface area contributed by atoms with E-state index in [-0.39, 0.29) is 0 Å². The fourth-order valence-corrected chi connectivity index (χ4v) is 2.13. The van der Waals surface area contributed by atoms with Crippen molar-refractivity contribution in [2.24, 2.45) is 0 Å². The molecule has 2 nitrogen and oxygen atoms in total. The maximum Gasteiger partial charge on any atom is 0.0917 e. The summed E-state index contributed by atoms with van der Waals surface area (Å²) >= 11 is 5.83. The third kappa shape index (κ3) is 4.30. The van der Waals surface area contributed by atoms with Crippen LogP contribution in [0.25, 0.3) is 0 Å². The van der Waals surface area contributed by atoms with Crippen molar-refractivity contribution in [1.29, 1.82) is 0 Å². The van der Waals surface area contributed by atoms with E-state index in [0.717, 1.165) is 5.56 Å². The zero-order valence-corrected chi connectivity index (χ0v) is 11.8. The molecule has 0 bridgehead atoms. The summed E-state index contributed by atoms with van der Waals surface area (Å²) in [7, 11) is 0. The molecule has 1 aromatic carbocycles. The summed E-state index contributed by atoms with van der Waals surface area (Å²) in [6.07, 6.45) is -0.461. The average molecular weight is 256 g/mol. The van der Waals surface area contributed by atoms with Crippen LogP contribution in [0.1, 0.15) is 39.4 Å². The van der Waals surface area contributed by atoms with E-state index >= 15 is 0 Å². The van der Waals surface area contributed by atoms with E-state index < -0.39 is 6.10 Å². The van der Waals surface area contributed by atoms with Crippen LogP contribution in [0.15, 0.2) is 24.3 Å². The molecular formula is C14H22ClNO. The van der Waals surface area contributed by atoms with E-state index in [4.69, 9.17) is 11.6 Å². The van der Waals surface area contributed by atoms with Gasteiger partial charge in [0.25, 0.3) is 0 Å². The van der Waals surface area contributed by atoms with Crippen LogP contribution in [0.2, 0.25) is 5.02 Å². The van der Waals surface area contributed by atoms with Gasteiger partial charge in [-0.2, -0.15) is 0 Å². The predicted octanol–water partition coefficient (Wildman–Crippen LogP) is 3.49. The zero-order chi connectivity index (χ0) is 13.0. The molecule has 1 atom stereocenters. The van der Waals surface area contributed by atoms with E-state index in [1.54, 1.807) is 0 Å². The Bertz CT molecular complexity index is 327. The third-order valence-electron chi connectivity index (χ3n) is 2.97. The van der Waals surface area contributed by atoms with Gasteiger partial charge in [0.1, 0.15) is 0 Å². The first kappa shape index (κ1) is 14.5. The first-order chi connectivity index (χ1) is 7.91. The van der Waals surface area contributed by atoms with Crippen molar-refractivity contribution >= 4 is 11.6 Å². The molecule has 0 aliphatic rings. The number of rotatable bonds is 5. The molecule has 0 amide bonds. The van der Waals surface area contributed by atoms with Crippen LogP contribution < -0.4 is 0 Å². The smallest absolute Gasteiger partial charge is 0.0917 e. The second-order valence-corrected chi connectivity index (χ2v) is 5.39. The minimum absolute atomic E-state index is 0.428. The highest BCUT2D eigenvalue weighted by Gasteiger charge is 2.18. The van der Waals surface area contributed by atoms with Crippen molar-refractivity contribution in [2.75, 3.05) is 6.54 Å². The van der Waals surface area contributed by atoms with Gasteiger partial charge in [0.2, 0.25) is 0 Å². The van der Waals surface area contributed by atoms with Crippen LogP contribution in [0.3, 0.4) is 0 Å². The molecule has 96 valence electrons. The third-order valence-corrected chi connectivity index (χ3v) is 3.22. The Labute approximate surface area is 109 Å². The monoisotopic (exact) mass is 255 g/mol. The Hall–Kier alpha value is -0.570. The highest BCUT2D eigenvalue weighted by atomic mass is 35.5. The Balaban J connectivity index is 2.70. The summed E-state index contributed by atoms with van der Waals surface area (Å²) in [6.45, 7) is 9.24. The minimum Gasteiger partial charge on any atom is -0.387 e. The normalized spacial score (nSPS) is 13.7. The van der Waals surface area contributed by atoms with E-state index in [2.05, 4.69) is 32.6 Å². The number of aliphatic hydroxyl groups is 1. The Morgan fingerprint density at radius 2 is 1.53 bits per heavy atom. The van der Waals surface area contributed by atoms with Gasteiger partial charge in [-0.25, -0.2) is 0 Å². The molecule has 1 rings (SSSR count). The van der Waals surface area contributed by atoms with Gasteiger partial charge < -0.3 is 5.11 Å². The summed E-state index contributed by atoms with van der Waals surface area (Å²) < 4.78 is 0. The topological polar surface area (TPSA) is 23.5 Å². The molecule has 1 aromatic rings. The van der Waals surface area contributed by atoms with Crippen LogP contribution in [-0.4, -0.2) is 28.6 Å². The number of halogens is 1. The fourth-order valence-electron chi connectivity index (χ4n) is 2.01. The molecule has 3 heteroatoms. The molecule has 0 fully saturated rings. The summed E-state index contributed by atoms with van der Waals surface area (Å²) in [6, 6.07) is 8.25. The van der Waals surface area contributed by atoms with Gasteiger partial charge in [-0.15, -0.1) is 0 Å². The number of aliphatic hydroxyl groups excluding tert-OH is 1. The van der Waals surface area contributed by atoms with Crippen LogP contribution in [0.4, 0.5) is 0 Å². The predicted molar refractivity (Wildman–Crippen MR) is 73.4 cm³/mol. The quantitative estimate of drug-likeness (QED) is 0.871. The van der Waals surface area contributed by atoms with Gasteiger partial charge >= 0.3 is 0 Å². The molecule has 17 heavy (non-hydrogen) atoms. The molecule has 1 N–H and O–H groups in total. The lowest BCUT2D eigenvalue weighted by Crippen LogP contribution is -2.39. The maximum absolute atomic E-state index is 10.2. The molecule has 0 saturated carbocycles. The summed E-state index contributed by atoms with van der Waals surface area (Å²) in [4.78, 5) is 2.28. The highest BCUT2D eigenvalue weighted by Crippen LogP contribution is 2.19. The summed E-state index contributed by atoms with van der Waals surface area (Å²) in [5, 5.41) is 10.9. The summed E-state index contributed by atoms with van der Waals surface area (Å²) in [5.74, 6) is 0. The van der Waals surface area contributed by atoms with Crippen molar-refractivity contribution < 1.29 is 5.11 Å². The zero-order valence-electron chi connectivity index (χ0n) is 11.0. The standard InChI is InChI=1S/C14H22ClNO/c1-10(2)16(11(3)4)9-14(17)12-5-7-13(15)8-6-12/h5-8,10-11,14,17H,9H2,1-4H3. The average Bonchev–Trinajstić information content (AvgIpc) is 2.25. The van der Waals surface area contributed by atoms with Crippen LogP contribution in [0.5, 0.6) is 0 Å². The molecule has 0 aliphatic carbocycles. The van der Waals surface area contributed by atoms with Gasteiger partial charge in [-0.1, -0.05) is 23.7 Å². The Kier molecular flexibility index (Phi) is 5.44. The van der Waals surface area contributed by atoms with Gasteiger partial charge in [0, 0.05) is 23.7 Å². The lowest BCUT2D eigenvalue weighted by Gasteiger charge is -2.32. The number of benzene rings is 1. The van der Waals surface area contributed by atoms with E-state index in [1.807, 2.05) is 24.3 Å². The fraction of sp³-hybridized carbons (Fsp3) is 0.571. The van der Waals surface area contributed by atoms with Crippen LogP contribution in [0, 0.1) is 0 Å². The van der Waals surface area contributed by atoms with Crippen molar-refractivity contribution in [2.45, 2.75) is 45.9 Å². The van der Waals surface area contributed by atoms with Gasteiger partial charge in [0.05, 0.1) is 6.10 Å².